The van der Waals surface area contributed by atoms with Crippen LogP contribution in [0.3, 0.4) is 0 Å². The molecule has 6 heteroatoms. The van der Waals surface area contributed by atoms with E-state index in [4.69, 9.17) is 32.7 Å². The first-order valence-corrected chi connectivity index (χ1v) is 10.4. The third-order valence-electron chi connectivity index (χ3n) is 4.55. The van der Waals surface area contributed by atoms with E-state index >= 15 is 0 Å². The van der Waals surface area contributed by atoms with Crippen LogP contribution in [0.4, 0.5) is 0 Å². The summed E-state index contributed by atoms with van der Waals surface area (Å²) in [6.07, 6.45) is 0. The Hall–Kier alpha value is -2.69. The highest BCUT2D eigenvalue weighted by molar-refractivity contribution is 6.30. The van der Waals surface area contributed by atoms with Crippen LogP contribution < -0.4 is 14.8 Å². The van der Waals surface area contributed by atoms with Gasteiger partial charge < -0.3 is 14.8 Å². The zero-order chi connectivity index (χ0) is 21.5. The monoisotopic (exact) mass is 443 g/mol. The van der Waals surface area contributed by atoms with E-state index in [1.807, 2.05) is 38.1 Å². The van der Waals surface area contributed by atoms with Crippen LogP contribution in [0, 0.1) is 0 Å². The van der Waals surface area contributed by atoms with E-state index in [1.165, 1.54) is 0 Å². The Morgan fingerprint density at radius 1 is 0.933 bits per heavy atom. The predicted octanol–water partition coefficient (Wildman–Crippen LogP) is 6.46. The van der Waals surface area contributed by atoms with Crippen LogP contribution in [0.5, 0.6) is 11.5 Å². The first-order valence-electron chi connectivity index (χ1n) is 9.66. The molecule has 4 nitrogen and oxygen atoms in total. The maximum Gasteiger partial charge on any atom is 0.251 e. The number of amides is 1. The third-order valence-corrected chi connectivity index (χ3v) is 5.05. The van der Waals surface area contributed by atoms with Gasteiger partial charge in [0.1, 0.15) is 18.1 Å². The van der Waals surface area contributed by atoms with Gasteiger partial charge in [0.25, 0.3) is 5.91 Å². The topological polar surface area (TPSA) is 47.6 Å². The van der Waals surface area contributed by atoms with Crippen LogP contribution in [-0.2, 0) is 6.61 Å². The number of carbonyl (C=O) groups excluding carboxylic acids is 1. The molecular weight excluding hydrogens is 421 g/mol. The van der Waals surface area contributed by atoms with Crippen molar-refractivity contribution < 1.29 is 14.3 Å². The molecule has 30 heavy (non-hydrogen) atoms. The van der Waals surface area contributed by atoms with E-state index in [-0.39, 0.29) is 18.6 Å². The Labute approximate surface area is 186 Å². The summed E-state index contributed by atoms with van der Waals surface area (Å²) < 4.78 is 11.5. The third kappa shape index (κ3) is 5.91. The zero-order valence-electron chi connectivity index (χ0n) is 16.8. The summed E-state index contributed by atoms with van der Waals surface area (Å²) in [6, 6.07) is 19.7. The molecule has 1 N–H and O–H groups in total. The van der Waals surface area contributed by atoms with Crippen molar-refractivity contribution in [3.8, 4) is 11.5 Å². The molecular formula is C24H23Cl2NO3. The second-order valence-electron chi connectivity index (χ2n) is 6.74. The second-order valence-corrected chi connectivity index (χ2v) is 7.62. The standard InChI is InChI=1S/C24H23Cl2NO3/c1-3-29-23-13-6-18(14-19(23)15-30-22-11-9-21(26)10-12-22)24(28)27-16(2)17-4-7-20(25)8-5-17/h4-14,16H,3,15H2,1-2H3,(H,27,28)/t16-/m0/s1. The van der Waals surface area contributed by atoms with Crippen molar-refractivity contribution in [3.05, 3.63) is 93.5 Å². The van der Waals surface area contributed by atoms with Crippen LogP contribution in [0.1, 0.15) is 41.4 Å². The fraction of sp³-hybridized carbons (Fsp3) is 0.208. The number of carbonyl (C=O) groups is 1. The van der Waals surface area contributed by atoms with Gasteiger partial charge in [-0.3, -0.25) is 4.79 Å². The molecule has 3 rings (SSSR count). The molecule has 0 spiro atoms. The van der Waals surface area contributed by atoms with Crippen molar-refractivity contribution in [2.24, 2.45) is 0 Å². The van der Waals surface area contributed by atoms with Gasteiger partial charge in [-0.15, -0.1) is 0 Å². The molecule has 0 aliphatic heterocycles. The molecule has 0 bridgehead atoms. The fourth-order valence-corrected chi connectivity index (χ4v) is 3.19. The smallest absolute Gasteiger partial charge is 0.251 e. The molecule has 0 aliphatic carbocycles. The Balaban J connectivity index is 1.73. The van der Waals surface area contributed by atoms with Crippen molar-refractivity contribution >= 4 is 29.1 Å². The van der Waals surface area contributed by atoms with Gasteiger partial charge in [-0.05, 0) is 74.0 Å². The maximum atomic E-state index is 12.8. The zero-order valence-corrected chi connectivity index (χ0v) is 18.3. The van der Waals surface area contributed by atoms with E-state index in [9.17, 15) is 4.79 Å². The minimum absolute atomic E-state index is 0.157. The molecule has 0 fully saturated rings. The number of hydrogen-bond acceptors (Lipinski definition) is 3. The number of rotatable bonds is 8. The lowest BCUT2D eigenvalue weighted by Crippen LogP contribution is -2.26. The molecule has 156 valence electrons. The van der Waals surface area contributed by atoms with Crippen LogP contribution in [-0.4, -0.2) is 12.5 Å². The van der Waals surface area contributed by atoms with Crippen LogP contribution in [0.2, 0.25) is 10.0 Å². The Kier molecular flexibility index (Phi) is 7.61. The molecule has 3 aromatic rings. The number of nitrogens with one attached hydrogen (secondary N) is 1. The molecule has 0 saturated heterocycles. The summed E-state index contributed by atoms with van der Waals surface area (Å²) >= 11 is 11.9. The Bertz CT molecular complexity index is 988. The second kappa shape index (κ2) is 10.4. The predicted molar refractivity (Wildman–Crippen MR) is 121 cm³/mol. The normalized spacial score (nSPS) is 11.6. The van der Waals surface area contributed by atoms with Gasteiger partial charge in [0.2, 0.25) is 0 Å². The summed E-state index contributed by atoms with van der Waals surface area (Å²) in [6.45, 7) is 4.64. The summed E-state index contributed by atoms with van der Waals surface area (Å²) in [5.41, 5.74) is 2.30. The van der Waals surface area contributed by atoms with Gasteiger partial charge >= 0.3 is 0 Å². The Morgan fingerprint density at radius 2 is 1.57 bits per heavy atom. The van der Waals surface area contributed by atoms with Gasteiger partial charge in [0.05, 0.1) is 12.6 Å². The van der Waals surface area contributed by atoms with E-state index in [0.717, 1.165) is 11.1 Å². The minimum atomic E-state index is -0.173. The molecule has 0 aliphatic rings. The van der Waals surface area contributed by atoms with Crippen molar-refractivity contribution in [2.45, 2.75) is 26.5 Å². The fourth-order valence-electron chi connectivity index (χ4n) is 2.94. The molecule has 0 radical (unpaired) electrons. The van der Waals surface area contributed by atoms with Crippen LogP contribution in [0.15, 0.2) is 66.7 Å². The van der Waals surface area contributed by atoms with Crippen molar-refractivity contribution in [1.29, 1.82) is 0 Å². The van der Waals surface area contributed by atoms with Gasteiger partial charge in [-0.25, -0.2) is 0 Å². The highest BCUT2D eigenvalue weighted by Gasteiger charge is 2.14. The lowest BCUT2D eigenvalue weighted by molar-refractivity contribution is 0.0939. The highest BCUT2D eigenvalue weighted by atomic mass is 35.5. The quantitative estimate of drug-likeness (QED) is 0.434. The average molecular weight is 444 g/mol. The van der Waals surface area contributed by atoms with E-state index < -0.39 is 0 Å². The number of benzene rings is 3. The van der Waals surface area contributed by atoms with Crippen LogP contribution in [0.25, 0.3) is 0 Å². The van der Waals surface area contributed by atoms with Crippen LogP contribution >= 0.6 is 23.2 Å². The van der Waals surface area contributed by atoms with Crippen molar-refractivity contribution in [1.82, 2.24) is 5.32 Å². The first kappa shape index (κ1) is 22.0. The lowest BCUT2D eigenvalue weighted by Gasteiger charge is -2.16. The maximum absolute atomic E-state index is 12.8. The molecule has 1 atom stereocenters. The SMILES string of the molecule is CCOc1ccc(C(=O)N[C@@H](C)c2ccc(Cl)cc2)cc1COc1ccc(Cl)cc1. The van der Waals surface area contributed by atoms with Gasteiger partial charge in [-0.1, -0.05) is 35.3 Å². The molecule has 1 amide bonds. The van der Waals surface area contributed by atoms with Gasteiger partial charge in [0.15, 0.2) is 0 Å². The molecule has 3 aromatic carbocycles. The lowest BCUT2D eigenvalue weighted by atomic mass is 10.1. The van der Waals surface area contributed by atoms with E-state index in [2.05, 4.69) is 5.32 Å². The van der Waals surface area contributed by atoms with Crippen molar-refractivity contribution in [3.63, 3.8) is 0 Å². The summed E-state index contributed by atoms with van der Waals surface area (Å²) in [5, 5.41) is 4.32. The highest BCUT2D eigenvalue weighted by Crippen LogP contribution is 2.24. The van der Waals surface area contributed by atoms with Gasteiger partial charge in [-0.2, -0.15) is 0 Å². The summed E-state index contributed by atoms with van der Waals surface area (Å²) in [4.78, 5) is 12.8. The van der Waals surface area contributed by atoms with E-state index in [0.29, 0.717) is 33.7 Å². The average Bonchev–Trinajstić information content (AvgIpc) is 2.74. The molecule has 0 saturated carbocycles. The number of halogens is 2. The molecule has 0 aromatic heterocycles. The Morgan fingerprint density at radius 3 is 2.20 bits per heavy atom. The van der Waals surface area contributed by atoms with Gasteiger partial charge in [0, 0.05) is 21.2 Å². The van der Waals surface area contributed by atoms with Crippen molar-refractivity contribution in [2.75, 3.05) is 6.61 Å². The first-order chi connectivity index (χ1) is 14.5. The summed E-state index contributed by atoms with van der Waals surface area (Å²) in [7, 11) is 0. The largest absolute Gasteiger partial charge is 0.493 e. The molecule has 0 unspecified atom stereocenters. The molecule has 0 heterocycles. The van der Waals surface area contributed by atoms with E-state index in [1.54, 1.807) is 42.5 Å². The number of ether oxygens (including phenoxy) is 2. The minimum Gasteiger partial charge on any atom is -0.493 e. The number of hydrogen-bond donors (Lipinski definition) is 1. The summed E-state index contributed by atoms with van der Waals surface area (Å²) in [5.74, 6) is 1.20.